The summed E-state index contributed by atoms with van der Waals surface area (Å²) in [7, 11) is 0. The Labute approximate surface area is 152 Å². The molecule has 2 aromatic rings. The van der Waals surface area contributed by atoms with Crippen LogP contribution in [-0.2, 0) is 4.79 Å². The molecule has 6 heteroatoms. The number of para-hydroxylation sites is 1. The van der Waals surface area contributed by atoms with Crippen LogP contribution in [0.2, 0.25) is 0 Å². The van der Waals surface area contributed by atoms with Crippen LogP contribution in [0.25, 0.3) is 0 Å². The van der Waals surface area contributed by atoms with Crippen LogP contribution in [0.15, 0.2) is 48.5 Å². The SMILES string of the molecule is O=C(C[NH+]1CCCCC1)Nc1ccccc1C(=O)Nc1ccc(F)cc1. The van der Waals surface area contributed by atoms with Gasteiger partial charge >= 0.3 is 0 Å². The number of piperidine rings is 1. The maximum absolute atomic E-state index is 13.0. The molecule has 2 amide bonds. The summed E-state index contributed by atoms with van der Waals surface area (Å²) in [6.45, 7) is 2.44. The van der Waals surface area contributed by atoms with Crippen LogP contribution in [-0.4, -0.2) is 31.4 Å². The van der Waals surface area contributed by atoms with Crippen molar-refractivity contribution in [2.75, 3.05) is 30.3 Å². The number of amides is 2. The van der Waals surface area contributed by atoms with E-state index >= 15 is 0 Å². The molecule has 2 aromatic carbocycles. The second kappa shape index (κ2) is 8.58. The fraction of sp³-hybridized carbons (Fsp3) is 0.300. The maximum Gasteiger partial charge on any atom is 0.279 e. The maximum atomic E-state index is 13.0. The molecule has 26 heavy (non-hydrogen) atoms. The first-order valence-electron chi connectivity index (χ1n) is 8.91. The fourth-order valence-electron chi connectivity index (χ4n) is 3.17. The summed E-state index contributed by atoms with van der Waals surface area (Å²) in [5.41, 5.74) is 1.35. The molecule has 0 aliphatic carbocycles. The van der Waals surface area contributed by atoms with Gasteiger partial charge in [0.1, 0.15) is 5.82 Å². The molecule has 0 aromatic heterocycles. The highest BCUT2D eigenvalue weighted by molar-refractivity contribution is 6.10. The van der Waals surface area contributed by atoms with E-state index in [1.54, 1.807) is 24.3 Å². The van der Waals surface area contributed by atoms with Crippen LogP contribution >= 0.6 is 0 Å². The predicted octanol–water partition coefficient (Wildman–Crippen LogP) is 2.09. The molecule has 1 fully saturated rings. The molecule has 1 heterocycles. The van der Waals surface area contributed by atoms with E-state index in [0.717, 1.165) is 25.9 Å². The molecule has 136 valence electrons. The average molecular weight is 356 g/mol. The normalized spacial score (nSPS) is 14.7. The molecule has 0 saturated carbocycles. The Bertz CT molecular complexity index is 771. The number of benzene rings is 2. The van der Waals surface area contributed by atoms with Crippen molar-refractivity contribution in [3.63, 3.8) is 0 Å². The number of carbonyl (C=O) groups excluding carboxylic acids is 2. The number of quaternary nitrogens is 1. The third-order valence-corrected chi connectivity index (χ3v) is 4.52. The number of hydrogen-bond donors (Lipinski definition) is 3. The molecule has 3 N–H and O–H groups in total. The summed E-state index contributed by atoms with van der Waals surface area (Å²) < 4.78 is 13.0. The van der Waals surface area contributed by atoms with Gasteiger partial charge in [-0.3, -0.25) is 9.59 Å². The summed E-state index contributed by atoms with van der Waals surface area (Å²) in [6, 6.07) is 12.4. The quantitative estimate of drug-likeness (QED) is 0.768. The highest BCUT2D eigenvalue weighted by Crippen LogP contribution is 2.17. The molecular weight excluding hydrogens is 333 g/mol. The number of rotatable bonds is 5. The van der Waals surface area contributed by atoms with Gasteiger partial charge in [-0.1, -0.05) is 12.1 Å². The van der Waals surface area contributed by atoms with Crippen molar-refractivity contribution in [3.05, 3.63) is 59.9 Å². The zero-order valence-corrected chi connectivity index (χ0v) is 14.6. The van der Waals surface area contributed by atoms with Gasteiger partial charge in [0.05, 0.1) is 24.3 Å². The minimum atomic E-state index is -0.365. The zero-order valence-electron chi connectivity index (χ0n) is 14.6. The van der Waals surface area contributed by atoms with Crippen molar-refractivity contribution in [1.82, 2.24) is 0 Å². The topological polar surface area (TPSA) is 62.6 Å². The van der Waals surface area contributed by atoms with Crippen LogP contribution in [0.3, 0.4) is 0 Å². The lowest BCUT2D eigenvalue weighted by Gasteiger charge is -2.23. The fourth-order valence-corrected chi connectivity index (χ4v) is 3.17. The molecule has 0 atom stereocenters. The van der Waals surface area contributed by atoms with Crippen LogP contribution in [0.1, 0.15) is 29.6 Å². The molecule has 0 bridgehead atoms. The van der Waals surface area contributed by atoms with Crippen LogP contribution in [0.4, 0.5) is 15.8 Å². The number of carbonyl (C=O) groups is 2. The Balaban J connectivity index is 1.65. The molecule has 3 rings (SSSR count). The van der Waals surface area contributed by atoms with E-state index in [-0.39, 0.29) is 17.6 Å². The van der Waals surface area contributed by atoms with Gasteiger partial charge in [-0.25, -0.2) is 4.39 Å². The van der Waals surface area contributed by atoms with Gasteiger partial charge in [0.25, 0.3) is 11.8 Å². The number of likely N-dealkylation sites (tertiary alicyclic amines) is 1. The van der Waals surface area contributed by atoms with Gasteiger partial charge in [-0.15, -0.1) is 0 Å². The Morgan fingerprint density at radius 2 is 1.62 bits per heavy atom. The van der Waals surface area contributed by atoms with Crippen molar-refractivity contribution in [2.45, 2.75) is 19.3 Å². The van der Waals surface area contributed by atoms with E-state index < -0.39 is 0 Å². The van der Waals surface area contributed by atoms with Crippen LogP contribution < -0.4 is 15.5 Å². The van der Waals surface area contributed by atoms with Crippen LogP contribution in [0, 0.1) is 5.82 Å². The summed E-state index contributed by atoms with van der Waals surface area (Å²) >= 11 is 0. The monoisotopic (exact) mass is 356 g/mol. The number of nitrogens with one attached hydrogen (secondary N) is 3. The minimum absolute atomic E-state index is 0.0936. The third-order valence-electron chi connectivity index (χ3n) is 4.52. The second-order valence-corrected chi connectivity index (χ2v) is 6.54. The Kier molecular flexibility index (Phi) is 5.96. The molecule has 1 aliphatic heterocycles. The summed E-state index contributed by atoms with van der Waals surface area (Å²) in [6.07, 6.45) is 3.54. The van der Waals surface area contributed by atoms with E-state index in [2.05, 4.69) is 10.6 Å². The van der Waals surface area contributed by atoms with E-state index in [1.807, 2.05) is 0 Å². The lowest BCUT2D eigenvalue weighted by atomic mass is 10.1. The summed E-state index contributed by atoms with van der Waals surface area (Å²) in [5.74, 6) is -0.808. The van der Waals surface area contributed by atoms with Crippen molar-refractivity contribution >= 4 is 23.2 Å². The number of halogens is 1. The van der Waals surface area contributed by atoms with Crippen molar-refractivity contribution in [3.8, 4) is 0 Å². The molecule has 5 nitrogen and oxygen atoms in total. The Morgan fingerprint density at radius 3 is 2.35 bits per heavy atom. The first-order chi connectivity index (χ1) is 12.6. The molecule has 1 saturated heterocycles. The van der Waals surface area contributed by atoms with Crippen molar-refractivity contribution in [1.29, 1.82) is 0 Å². The molecular formula is C20H23FN3O2+. The summed E-state index contributed by atoms with van der Waals surface area (Å²) in [5, 5.41) is 5.57. The van der Waals surface area contributed by atoms with Crippen molar-refractivity contribution in [2.24, 2.45) is 0 Å². The molecule has 0 spiro atoms. The van der Waals surface area contributed by atoms with E-state index in [4.69, 9.17) is 0 Å². The minimum Gasteiger partial charge on any atom is -0.327 e. The van der Waals surface area contributed by atoms with Gasteiger partial charge in [0, 0.05) is 5.69 Å². The highest BCUT2D eigenvalue weighted by atomic mass is 19.1. The van der Waals surface area contributed by atoms with E-state index in [9.17, 15) is 14.0 Å². The van der Waals surface area contributed by atoms with Crippen LogP contribution in [0.5, 0.6) is 0 Å². The van der Waals surface area contributed by atoms with Gasteiger partial charge in [-0.05, 0) is 55.7 Å². The predicted molar refractivity (Wildman–Crippen MR) is 98.8 cm³/mol. The average Bonchev–Trinajstić information content (AvgIpc) is 2.65. The smallest absolute Gasteiger partial charge is 0.279 e. The number of anilines is 2. The second-order valence-electron chi connectivity index (χ2n) is 6.54. The lowest BCUT2D eigenvalue weighted by molar-refractivity contribution is -0.896. The van der Waals surface area contributed by atoms with Gasteiger partial charge in [-0.2, -0.15) is 0 Å². The Hall–Kier alpha value is -2.73. The van der Waals surface area contributed by atoms with Crippen molar-refractivity contribution < 1.29 is 18.9 Å². The van der Waals surface area contributed by atoms with E-state index in [0.29, 0.717) is 23.5 Å². The van der Waals surface area contributed by atoms with Gasteiger partial charge in [0.2, 0.25) is 0 Å². The molecule has 0 radical (unpaired) electrons. The molecule has 1 aliphatic rings. The third kappa shape index (κ3) is 4.89. The van der Waals surface area contributed by atoms with Gasteiger partial charge in [0.15, 0.2) is 6.54 Å². The first kappa shape index (κ1) is 18.1. The first-order valence-corrected chi connectivity index (χ1v) is 8.91. The highest BCUT2D eigenvalue weighted by Gasteiger charge is 2.19. The van der Waals surface area contributed by atoms with Gasteiger partial charge < -0.3 is 15.5 Å². The lowest BCUT2D eigenvalue weighted by Crippen LogP contribution is -3.13. The molecule has 0 unspecified atom stereocenters. The zero-order chi connectivity index (χ0) is 18.4. The summed E-state index contributed by atoms with van der Waals surface area (Å²) in [4.78, 5) is 26.2. The Morgan fingerprint density at radius 1 is 0.923 bits per heavy atom. The largest absolute Gasteiger partial charge is 0.327 e. The standard InChI is InChI=1S/C20H22FN3O2/c21-15-8-10-16(11-9-15)22-20(26)17-6-2-3-7-18(17)23-19(25)14-24-12-4-1-5-13-24/h2-3,6-11H,1,4-5,12-14H2,(H,22,26)(H,23,25)/p+1. The number of hydrogen-bond acceptors (Lipinski definition) is 2. The van der Waals surface area contributed by atoms with E-state index in [1.165, 1.54) is 35.6 Å².